The molecule has 5 heteroatoms. The molecule has 1 amide bonds. The third kappa shape index (κ3) is 6.35. The first kappa shape index (κ1) is 18.8. The third-order valence-corrected chi connectivity index (χ3v) is 4.16. The third-order valence-electron chi connectivity index (χ3n) is 3.91. The second kappa shape index (κ2) is 9.64. The summed E-state index contributed by atoms with van der Waals surface area (Å²) in [5.41, 5.74) is 2.80. The van der Waals surface area contributed by atoms with Gasteiger partial charge in [0.15, 0.2) is 0 Å². The van der Waals surface area contributed by atoms with Crippen LogP contribution < -0.4 is 15.4 Å². The molecule has 0 aliphatic rings. The van der Waals surface area contributed by atoms with Crippen LogP contribution in [0.5, 0.6) is 5.75 Å². The molecular weight excluding hydrogens is 360 g/mol. The van der Waals surface area contributed by atoms with Crippen LogP contribution in [0.2, 0.25) is 5.02 Å². The number of halogens is 1. The average Bonchev–Trinajstić information content (AvgIpc) is 2.70. The van der Waals surface area contributed by atoms with Gasteiger partial charge < -0.3 is 15.4 Å². The number of anilines is 2. The molecule has 0 spiro atoms. The Labute approximate surface area is 164 Å². The molecule has 0 radical (unpaired) electrons. The molecule has 0 unspecified atom stereocenters. The van der Waals surface area contributed by atoms with Crippen molar-refractivity contribution in [2.45, 2.75) is 13.0 Å². The number of benzene rings is 3. The first-order valence-corrected chi connectivity index (χ1v) is 9.13. The summed E-state index contributed by atoms with van der Waals surface area (Å²) >= 11 is 5.85. The van der Waals surface area contributed by atoms with E-state index in [-0.39, 0.29) is 5.91 Å². The quantitative estimate of drug-likeness (QED) is 0.553. The SMILES string of the molecule is O=C(CCNc1ccc(Cl)cc1)Nc1ccc(OCc2ccccc2)cc1. The van der Waals surface area contributed by atoms with Crippen LogP contribution in [-0.4, -0.2) is 12.5 Å². The highest BCUT2D eigenvalue weighted by atomic mass is 35.5. The molecule has 3 aromatic carbocycles. The number of carbonyl (C=O) groups is 1. The van der Waals surface area contributed by atoms with Crippen molar-refractivity contribution in [1.82, 2.24) is 0 Å². The Morgan fingerprint density at radius 3 is 2.22 bits per heavy atom. The lowest BCUT2D eigenvalue weighted by Gasteiger charge is -2.09. The van der Waals surface area contributed by atoms with E-state index in [1.165, 1.54) is 0 Å². The van der Waals surface area contributed by atoms with E-state index < -0.39 is 0 Å². The standard InChI is InChI=1S/C22H21ClN2O2/c23-18-6-8-19(9-7-18)24-15-14-22(26)25-20-10-12-21(13-11-20)27-16-17-4-2-1-3-5-17/h1-13,24H,14-16H2,(H,25,26). The Balaban J connectivity index is 1.40. The van der Waals surface area contributed by atoms with E-state index in [9.17, 15) is 4.79 Å². The summed E-state index contributed by atoms with van der Waals surface area (Å²) in [7, 11) is 0. The van der Waals surface area contributed by atoms with Crippen LogP contribution in [0.3, 0.4) is 0 Å². The minimum atomic E-state index is -0.0468. The first-order valence-electron chi connectivity index (χ1n) is 8.75. The highest BCUT2D eigenvalue weighted by Gasteiger charge is 2.03. The molecule has 0 aromatic heterocycles. The van der Waals surface area contributed by atoms with Crippen molar-refractivity contribution in [3.63, 3.8) is 0 Å². The van der Waals surface area contributed by atoms with Gasteiger partial charge in [0.05, 0.1) is 0 Å². The van der Waals surface area contributed by atoms with Gasteiger partial charge in [0.25, 0.3) is 0 Å². The van der Waals surface area contributed by atoms with E-state index in [0.29, 0.717) is 24.6 Å². The van der Waals surface area contributed by atoms with Gasteiger partial charge in [-0.2, -0.15) is 0 Å². The predicted octanol–water partition coefficient (Wildman–Crippen LogP) is 5.36. The van der Waals surface area contributed by atoms with Crippen LogP contribution in [0.1, 0.15) is 12.0 Å². The minimum Gasteiger partial charge on any atom is -0.489 e. The van der Waals surface area contributed by atoms with Crippen molar-refractivity contribution in [1.29, 1.82) is 0 Å². The summed E-state index contributed by atoms with van der Waals surface area (Å²) in [5.74, 6) is 0.718. The lowest BCUT2D eigenvalue weighted by Crippen LogP contribution is -2.16. The molecule has 2 N–H and O–H groups in total. The minimum absolute atomic E-state index is 0.0468. The van der Waals surface area contributed by atoms with Gasteiger partial charge in [-0.1, -0.05) is 41.9 Å². The maximum Gasteiger partial charge on any atom is 0.226 e. The van der Waals surface area contributed by atoms with Gasteiger partial charge in [0, 0.05) is 29.4 Å². The van der Waals surface area contributed by atoms with E-state index >= 15 is 0 Å². The molecule has 0 saturated heterocycles. The first-order chi connectivity index (χ1) is 13.2. The molecule has 0 heterocycles. The topological polar surface area (TPSA) is 50.4 Å². The monoisotopic (exact) mass is 380 g/mol. The van der Waals surface area contributed by atoms with E-state index in [1.54, 1.807) is 0 Å². The number of carbonyl (C=O) groups excluding carboxylic acids is 1. The van der Waals surface area contributed by atoms with Gasteiger partial charge in [-0.25, -0.2) is 0 Å². The Morgan fingerprint density at radius 1 is 0.852 bits per heavy atom. The largest absolute Gasteiger partial charge is 0.489 e. The van der Waals surface area contributed by atoms with Crippen LogP contribution in [0.4, 0.5) is 11.4 Å². The molecule has 0 fully saturated rings. The van der Waals surface area contributed by atoms with Crippen molar-refractivity contribution in [3.8, 4) is 5.75 Å². The molecule has 0 aliphatic heterocycles. The zero-order chi connectivity index (χ0) is 18.9. The molecule has 27 heavy (non-hydrogen) atoms. The molecule has 3 aromatic rings. The fourth-order valence-corrected chi connectivity index (χ4v) is 2.61. The van der Waals surface area contributed by atoms with Crippen molar-refractivity contribution in [2.24, 2.45) is 0 Å². The van der Waals surface area contributed by atoms with Crippen LogP contribution in [-0.2, 0) is 11.4 Å². The van der Waals surface area contributed by atoms with Crippen LogP contribution in [0.25, 0.3) is 0 Å². The van der Waals surface area contributed by atoms with Gasteiger partial charge in [-0.15, -0.1) is 0 Å². The fraction of sp³-hybridized carbons (Fsp3) is 0.136. The van der Waals surface area contributed by atoms with Gasteiger partial charge in [0.2, 0.25) is 5.91 Å². The summed E-state index contributed by atoms with van der Waals surface area (Å²) < 4.78 is 5.74. The van der Waals surface area contributed by atoms with Crippen LogP contribution in [0, 0.1) is 0 Å². The summed E-state index contributed by atoms with van der Waals surface area (Å²) in [6.07, 6.45) is 0.370. The summed E-state index contributed by atoms with van der Waals surface area (Å²) in [6.45, 7) is 1.06. The van der Waals surface area contributed by atoms with E-state index in [0.717, 1.165) is 22.7 Å². The number of ether oxygens (including phenoxy) is 1. The number of rotatable bonds is 8. The molecule has 0 bridgehead atoms. The van der Waals surface area contributed by atoms with Gasteiger partial charge >= 0.3 is 0 Å². The average molecular weight is 381 g/mol. The smallest absolute Gasteiger partial charge is 0.226 e. The highest BCUT2D eigenvalue weighted by molar-refractivity contribution is 6.30. The molecule has 3 rings (SSSR count). The van der Waals surface area contributed by atoms with E-state index in [4.69, 9.17) is 16.3 Å². The number of hydrogen-bond donors (Lipinski definition) is 2. The lowest BCUT2D eigenvalue weighted by atomic mass is 10.2. The van der Waals surface area contributed by atoms with Crippen molar-refractivity contribution in [2.75, 3.05) is 17.2 Å². The predicted molar refractivity (Wildman–Crippen MR) is 110 cm³/mol. The van der Waals surface area contributed by atoms with E-state index in [2.05, 4.69) is 10.6 Å². The Bertz CT molecular complexity index is 850. The second-order valence-electron chi connectivity index (χ2n) is 6.03. The van der Waals surface area contributed by atoms with Crippen LogP contribution >= 0.6 is 11.6 Å². The Morgan fingerprint density at radius 2 is 1.52 bits per heavy atom. The van der Waals surface area contributed by atoms with Gasteiger partial charge in [-0.05, 0) is 54.1 Å². The van der Waals surface area contributed by atoms with Gasteiger partial charge in [-0.3, -0.25) is 4.79 Å². The normalized spacial score (nSPS) is 10.3. The number of nitrogens with one attached hydrogen (secondary N) is 2. The highest BCUT2D eigenvalue weighted by Crippen LogP contribution is 2.17. The van der Waals surface area contributed by atoms with Crippen LogP contribution in [0.15, 0.2) is 78.9 Å². The summed E-state index contributed by atoms with van der Waals surface area (Å²) in [5, 5.41) is 6.76. The molecule has 0 saturated carbocycles. The maximum atomic E-state index is 12.0. The Kier molecular flexibility index (Phi) is 6.72. The molecular formula is C22H21ClN2O2. The number of hydrogen-bond acceptors (Lipinski definition) is 3. The summed E-state index contributed by atoms with van der Waals surface area (Å²) in [6, 6.07) is 24.8. The Hall–Kier alpha value is -2.98. The molecule has 4 nitrogen and oxygen atoms in total. The molecule has 0 aliphatic carbocycles. The van der Waals surface area contributed by atoms with Crippen molar-refractivity contribution >= 4 is 28.9 Å². The fourth-order valence-electron chi connectivity index (χ4n) is 2.49. The molecule has 138 valence electrons. The summed E-state index contributed by atoms with van der Waals surface area (Å²) in [4.78, 5) is 12.0. The zero-order valence-electron chi connectivity index (χ0n) is 14.8. The second-order valence-corrected chi connectivity index (χ2v) is 6.47. The molecule has 0 atom stereocenters. The zero-order valence-corrected chi connectivity index (χ0v) is 15.6. The number of amides is 1. The maximum absolute atomic E-state index is 12.0. The van der Waals surface area contributed by atoms with E-state index in [1.807, 2.05) is 78.9 Å². The van der Waals surface area contributed by atoms with Crippen molar-refractivity contribution < 1.29 is 9.53 Å². The lowest BCUT2D eigenvalue weighted by molar-refractivity contribution is -0.115. The van der Waals surface area contributed by atoms with Gasteiger partial charge in [0.1, 0.15) is 12.4 Å². The van der Waals surface area contributed by atoms with Crippen molar-refractivity contribution in [3.05, 3.63) is 89.4 Å².